The third kappa shape index (κ3) is 5.23. The maximum atomic E-state index is 5.88. The quantitative estimate of drug-likeness (QED) is 0.814. The summed E-state index contributed by atoms with van der Waals surface area (Å²) < 4.78 is 0. The van der Waals surface area contributed by atoms with Crippen molar-refractivity contribution < 1.29 is 0 Å². The Hall–Kier alpha value is -1.81. The van der Waals surface area contributed by atoms with Gasteiger partial charge in [-0.2, -0.15) is 4.98 Å². The van der Waals surface area contributed by atoms with E-state index < -0.39 is 0 Å². The van der Waals surface area contributed by atoms with Gasteiger partial charge in [0.25, 0.3) is 0 Å². The van der Waals surface area contributed by atoms with Crippen molar-refractivity contribution in [2.24, 2.45) is 0 Å². The molecule has 1 heterocycles. The summed E-state index contributed by atoms with van der Waals surface area (Å²) in [6.07, 6.45) is 1.98. The van der Waals surface area contributed by atoms with Crippen LogP contribution >= 0.6 is 11.6 Å². The number of rotatable bonds is 7. The predicted octanol–water partition coefficient (Wildman–Crippen LogP) is 3.91. The van der Waals surface area contributed by atoms with Crippen molar-refractivity contribution in [3.05, 3.63) is 46.6 Å². The minimum absolute atomic E-state index is 0.669. The smallest absolute Gasteiger partial charge is 0.224 e. The predicted molar refractivity (Wildman–Crippen MR) is 89.2 cm³/mol. The zero-order chi connectivity index (χ0) is 15.1. The summed E-state index contributed by atoms with van der Waals surface area (Å²) >= 11 is 5.88. The maximum absolute atomic E-state index is 5.88. The monoisotopic (exact) mass is 304 g/mol. The van der Waals surface area contributed by atoms with Crippen molar-refractivity contribution in [1.82, 2.24) is 9.97 Å². The van der Waals surface area contributed by atoms with Crippen molar-refractivity contribution >= 4 is 23.4 Å². The van der Waals surface area contributed by atoms with Gasteiger partial charge in [0.1, 0.15) is 5.82 Å². The SMILES string of the molecule is CCCNc1cc(C)nc(NCCc2ccc(Cl)cc2)n1. The molecule has 0 aliphatic carbocycles. The fraction of sp³-hybridized carbons (Fsp3) is 0.375. The first-order valence-electron chi connectivity index (χ1n) is 7.25. The average Bonchev–Trinajstić information content (AvgIpc) is 2.47. The molecule has 0 spiro atoms. The molecule has 0 unspecified atom stereocenters. The molecule has 2 aromatic rings. The summed E-state index contributed by atoms with van der Waals surface area (Å²) in [7, 11) is 0. The van der Waals surface area contributed by atoms with E-state index in [4.69, 9.17) is 11.6 Å². The third-order valence-electron chi connectivity index (χ3n) is 3.02. The Morgan fingerprint density at radius 1 is 1.05 bits per heavy atom. The number of nitrogens with zero attached hydrogens (tertiary/aromatic N) is 2. The van der Waals surface area contributed by atoms with Gasteiger partial charge < -0.3 is 10.6 Å². The summed E-state index contributed by atoms with van der Waals surface area (Å²) in [5, 5.41) is 7.32. The van der Waals surface area contributed by atoms with Crippen molar-refractivity contribution in [2.75, 3.05) is 23.7 Å². The van der Waals surface area contributed by atoms with Gasteiger partial charge in [-0.25, -0.2) is 4.98 Å². The van der Waals surface area contributed by atoms with Crippen LogP contribution < -0.4 is 10.6 Å². The van der Waals surface area contributed by atoms with E-state index in [0.717, 1.165) is 42.5 Å². The van der Waals surface area contributed by atoms with Crippen LogP contribution in [0.3, 0.4) is 0 Å². The Labute approximate surface area is 131 Å². The van der Waals surface area contributed by atoms with Crippen LogP contribution in [0.5, 0.6) is 0 Å². The molecule has 0 aliphatic heterocycles. The minimum atomic E-state index is 0.669. The molecule has 2 rings (SSSR count). The number of aryl methyl sites for hydroxylation is 1. The van der Waals surface area contributed by atoms with Crippen LogP contribution in [0.15, 0.2) is 30.3 Å². The number of aromatic nitrogens is 2. The van der Waals surface area contributed by atoms with Gasteiger partial charge >= 0.3 is 0 Å². The van der Waals surface area contributed by atoms with Gasteiger partial charge in [-0.05, 0) is 37.5 Å². The van der Waals surface area contributed by atoms with Gasteiger partial charge in [0.15, 0.2) is 0 Å². The number of hydrogen-bond donors (Lipinski definition) is 2. The van der Waals surface area contributed by atoms with Crippen LogP contribution in [0, 0.1) is 6.92 Å². The molecule has 1 aromatic heterocycles. The van der Waals surface area contributed by atoms with E-state index in [-0.39, 0.29) is 0 Å². The van der Waals surface area contributed by atoms with Crippen molar-refractivity contribution in [3.8, 4) is 0 Å². The molecule has 0 aliphatic rings. The second kappa shape index (κ2) is 7.84. The van der Waals surface area contributed by atoms with Gasteiger partial charge in [-0.1, -0.05) is 30.7 Å². The average molecular weight is 305 g/mol. The Kier molecular flexibility index (Phi) is 5.81. The zero-order valence-corrected chi connectivity index (χ0v) is 13.2. The molecule has 0 radical (unpaired) electrons. The molecule has 0 atom stereocenters. The Morgan fingerprint density at radius 3 is 2.52 bits per heavy atom. The normalized spacial score (nSPS) is 10.4. The minimum Gasteiger partial charge on any atom is -0.370 e. The van der Waals surface area contributed by atoms with Gasteiger partial charge in [-0.3, -0.25) is 0 Å². The molecule has 5 heteroatoms. The highest BCUT2D eigenvalue weighted by Gasteiger charge is 2.01. The molecule has 0 saturated heterocycles. The van der Waals surface area contributed by atoms with E-state index >= 15 is 0 Å². The van der Waals surface area contributed by atoms with Crippen LogP contribution in [-0.2, 0) is 6.42 Å². The zero-order valence-electron chi connectivity index (χ0n) is 12.5. The van der Waals surface area contributed by atoms with Crippen LogP contribution in [-0.4, -0.2) is 23.1 Å². The first-order chi connectivity index (χ1) is 10.2. The largest absolute Gasteiger partial charge is 0.370 e. The van der Waals surface area contributed by atoms with E-state index in [9.17, 15) is 0 Å². The van der Waals surface area contributed by atoms with E-state index in [1.807, 2.05) is 37.3 Å². The molecule has 0 amide bonds. The van der Waals surface area contributed by atoms with E-state index in [1.165, 1.54) is 5.56 Å². The second-order valence-corrected chi connectivity index (χ2v) is 5.38. The number of benzene rings is 1. The number of halogens is 1. The molecule has 2 N–H and O–H groups in total. The molecule has 112 valence electrons. The van der Waals surface area contributed by atoms with Gasteiger partial charge in [-0.15, -0.1) is 0 Å². The lowest BCUT2D eigenvalue weighted by Crippen LogP contribution is -2.10. The maximum Gasteiger partial charge on any atom is 0.224 e. The van der Waals surface area contributed by atoms with Crippen molar-refractivity contribution in [2.45, 2.75) is 26.7 Å². The fourth-order valence-electron chi connectivity index (χ4n) is 1.96. The topological polar surface area (TPSA) is 49.8 Å². The molecule has 21 heavy (non-hydrogen) atoms. The number of anilines is 2. The summed E-state index contributed by atoms with van der Waals surface area (Å²) in [5.41, 5.74) is 2.20. The Balaban J connectivity index is 1.90. The number of hydrogen-bond acceptors (Lipinski definition) is 4. The first kappa shape index (κ1) is 15.6. The molecule has 0 bridgehead atoms. The van der Waals surface area contributed by atoms with Crippen LogP contribution in [0.25, 0.3) is 0 Å². The highest BCUT2D eigenvalue weighted by Crippen LogP contribution is 2.11. The highest BCUT2D eigenvalue weighted by molar-refractivity contribution is 6.30. The molecule has 4 nitrogen and oxygen atoms in total. The van der Waals surface area contributed by atoms with Crippen LogP contribution in [0.2, 0.25) is 5.02 Å². The lowest BCUT2D eigenvalue weighted by Gasteiger charge is -2.09. The molecular formula is C16H21ClN4. The Bertz CT molecular complexity index is 569. The molecular weight excluding hydrogens is 284 g/mol. The number of nitrogens with one attached hydrogen (secondary N) is 2. The molecule has 0 saturated carbocycles. The van der Waals surface area contributed by atoms with E-state index in [1.54, 1.807) is 0 Å². The Morgan fingerprint density at radius 2 is 1.81 bits per heavy atom. The van der Waals surface area contributed by atoms with Crippen molar-refractivity contribution in [1.29, 1.82) is 0 Å². The summed E-state index contributed by atoms with van der Waals surface area (Å²) in [6, 6.07) is 9.85. The van der Waals surface area contributed by atoms with Crippen LogP contribution in [0.4, 0.5) is 11.8 Å². The van der Waals surface area contributed by atoms with Crippen LogP contribution in [0.1, 0.15) is 24.6 Å². The van der Waals surface area contributed by atoms with Gasteiger partial charge in [0.05, 0.1) is 0 Å². The second-order valence-electron chi connectivity index (χ2n) is 4.95. The summed E-state index contributed by atoms with van der Waals surface area (Å²) in [6.45, 7) is 5.81. The summed E-state index contributed by atoms with van der Waals surface area (Å²) in [5.74, 6) is 1.54. The standard InChI is InChI=1S/C16H21ClN4/c1-3-9-18-15-11-12(2)20-16(21-15)19-10-8-13-4-6-14(17)7-5-13/h4-7,11H,3,8-10H2,1-2H3,(H2,18,19,20,21). The molecule has 1 aromatic carbocycles. The third-order valence-corrected chi connectivity index (χ3v) is 3.27. The van der Waals surface area contributed by atoms with E-state index in [0.29, 0.717) is 5.95 Å². The fourth-order valence-corrected chi connectivity index (χ4v) is 2.09. The van der Waals surface area contributed by atoms with E-state index in [2.05, 4.69) is 27.5 Å². The van der Waals surface area contributed by atoms with Gasteiger partial charge in [0.2, 0.25) is 5.95 Å². The molecule has 0 fully saturated rings. The van der Waals surface area contributed by atoms with Crippen molar-refractivity contribution in [3.63, 3.8) is 0 Å². The van der Waals surface area contributed by atoms with Gasteiger partial charge in [0, 0.05) is 29.9 Å². The lowest BCUT2D eigenvalue weighted by atomic mass is 10.1. The highest BCUT2D eigenvalue weighted by atomic mass is 35.5. The summed E-state index contributed by atoms with van der Waals surface area (Å²) in [4.78, 5) is 8.87. The first-order valence-corrected chi connectivity index (χ1v) is 7.63. The lowest BCUT2D eigenvalue weighted by molar-refractivity contribution is 0.947.